The first-order valence-corrected chi connectivity index (χ1v) is 7.61. The number of carbonyl (C=O) groups excluding carboxylic acids is 2. The van der Waals surface area contributed by atoms with Crippen molar-refractivity contribution in [1.82, 2.24) is 10.0 Å². The van der Waals surface area contributed by atoms with Gasteiger partial charge in [-0.2, -0.15) is 0 Å². The minimum absolute atomic E-state index is 0.292. The van der Waals surface area contributed by atoms with Gasteiger partial charge in [-0.1, -0.05) is 12.1 Å². The van der Waals surface area contributed by atoms with Crippen LogP contribution in [0.3, 0.4) is 0 Å². The third kappa shape index (κ3) is 3.14. The highest BCUT2D eigenvalue weighted by molar-refractivity contribution is 6.20. The molecule has 0 radical (unpaired) electrons. The summed E-state index contributed by atoms with van der Waals surface area (Å²) in [4.78, 5) is 34.1. The van der Waals surface area contributed by atoms with Crippen LogP contribution >= 0.6 is 0 Å². The van der Waals surface area contributed by atoms with Crippen LogP contribution in [0.1, 0.15) is 44.1 Å². The SMILES string of the molecule is Cc1cc(C)nc(CCCON2C(=O)c3ccccc3C2=O)c1. The molecule has 0 saturated carbocycles. The van der Waals surface area contributed by atoms with E-state index in [2.05, 4.69) is 4.98 Å². The number of hydrogen-bond donors (Lipinski definition) is 0. The van der Waals surface area contributed by atoms with Crippen LogP contribution in [0.2, 0.25) is 0 Å². The Morgan fingerprint density at radius 2 is 1.70 bits per heavy atom. The van der Waals surface area contributed by atoms with Crippen LogP contribution in [0.5, 0.6) is 0 Å². The third-order valence-electron chi connectivity index (χ3n) is 3.71. The van der Waals surface area contributed by atoms with Crippen molar-refractivity contribution < 1.29 is 14.4 Å². The molecule has 3 rings (SSSR count). The van der Waals surface area contributed by atoms with Gasteiger partial charge < -0.3 is 0 Å². The molecule has 2 heterocycles. The van der Waals surface area contributed by atoms with Crippen molar-refractivity contribution in [3.8, 4) is 0 Å². The largest absolute Gasteiger partial charge is 0.285 e. The maximum Gasteiger partial charge on any atom is 0.285 e. The number of nitrogens with zero attached hydrogens (tertiary/aromatic N) is 2. The molecule has 0 N–H and O–H groups in total. The Balaban J connectivity index is 1.56. The molecule has 0 bridgehead atoms. The molecule has 118 valence electrons. The van der Waals surface area contributed by atoms with E-state index in [1.54, 1.807) is 24.3 Å². The van der Waals surface area contributed by atoms with Gasteiger partial charge >= 0.3 is 0 Å². The van der Waals surface area contributed by atoms with Gasteiger partial charge in [-0.15, -0.1) is 5.06 Å². The second-order valence-electron chi connectivity index (χ2n) is 5.66. The summed E-state index contributed by atoms with van der Waals surface area (Å²) in [6.07, 6.45) is 1.43. The van der Waals surface area contributed by atoms with Crippen molar-refractivity contribution in [2.45, 2.75) is 26.7 Å². The van der Waals surface area contributed by atoms with Crippen LogP contribution in [-0.4, -0.2) is 28.5 Å². The van der Waals surface area contributed by atoms with Crippen LogP contribution < -0.4 is 0 Å². The summed E-state index contributed by atoms with van der Waals surface area (Å²) in [5, 5.41) is 0.861. The quantitative estimate of drug-likeness (QED) is 0.629. The number of fused-ring (bicyclic) bond motifs is 1. The zero-order valence-corrected chi connectivity index (χ0v) is 13.2. The number of hydrogen-bond acceptors (Lipinski definition) is 4. The number of imide groups is 1. The van der Waals surface area contributed by atoms with Crippen molar-refractivity contribution in [3.05, 3.63) is 64.5 Å². The normalized spacial score (nSPS) is 13.6. The molecule has 23 heavy (non-hydrogen) atoms. The Morgan fingerprint density at radius 1 is 1.04 bits per heavy atom. The van der Waals surface area contributed by atoms with E-state index >= 15 is 0 Å². The van der Waals surface area contributed by atoms with E-state index in [1.807, 2.05) is 26.0 Å². The number of amides is 2. The van der Waals surface area contributed by atoms with Gasteiger partial charge in [-0.3, -0.25) is 19.4 Å². The Labute approximate surface area is 134 Å². The average Bonchev–Trinajstić information content (AvgIpc) is 2.75. The molecular weight excluding hydrogens is 292 g/mol. The van der Waals surface area contributed by atoms with Gasteiger partial charge in [0.25, 0.3) is 11.8 Å². The minimum atomic E-state index is -0.393. The molecule has 1 aromatic carbocycles. The third-order valence-corrected chi connectivity index (χ3v) is 3.71. The van der Waals surface area contributed by atoms with Gasteiger partial charge in [0.1, 0.15) is 0 Å². The molecular formula is C18H18N2O3. The Hall–Kier alpha value is -2.53. The van der Waals surface area contributed by atoms with Gasteiger partial charge in [-0.05, 0) is 56.5 Å². The standard InChI is InChI=1S/C18H18N2O3/c1-12-10-13(2)19-14(11-12)6-5-9-23-20-17(21)15-7-3-4-8-16(15)18(20)22/h3-4,7-8,10-11H,5-6,9H2,1-2H3. The zero-order valence-electron chi connectivity index (χ0n) is 13.2. The van der Waals surface area contributed by atoms with Crippen molar-refractivity contribution in [2.24, 2.45) is 0 Å². The summed E-state index contributed by atoms with van der Waals surface area (Å²) < 4.78 is 0. The Morgan fingerprint density at radius 3 is 2.30 bits per heavy atom. The fourth-order valence-electron chi connectivity index (χ4n) is 2.75. The average molecular weight is 310 g/mol. The Kier molecular flexibility index (Phi) is 4.21. The lowest BCUT2D eigenvalue weighted by molar-refractivity contribution is -0.0918. The number of rotatable bonds is 5. The maximum absolute atomic E-state index is 12.1. The van der Waals surface area contributed by atoms with Crippen LogP contribution in [-0.2, 0) is 11.3 Å². The second-order valence-corrected chi connectivity index (χ2v) is 5.66. The van der Waals surface area contributed by atoms with Crippen molar-refractivity contribution in [1.29, 1.82) is 0 Å². The van der Waals surface area contributed by atoms with Crippen LogP contribution in [0.25, 0.3) is 0 Å². The number of aromatic nitrogens is 1. The smallest absolute Gasteiger partial charge is 0.266 e. The number of aryl methyl sites for hydroxylation is 3. The van der Waals surface area contributed by atoms with Crippen molar-refractivity contribution in [3.63, 3.8) is 0 Å². The van der Waals surface area contributed by atoms with E-state index in [4.69, 9.17) is 4.84 Å². The molecule has 1 aliphatic heterocycles. The van der Waals surface area contributed by atoms with Crippen LogP contribution in [0.15, 0.2) is 36.4 Å². The summed E-state index contributed by atoms with van der Waals surface area (Å²) >= 11 is 0. The fourth-order valence-corrected chi connectivity index (χ4v) is 2.75. The second kappa shape index (κ2) is 6.30. The van der Waals surface area contributed by atoms with Gasteiger partial charge in [-0.25, -0.2) is 0 Å². The van der Waals surface area contributed by atoms with Crippen LogP contribution in [0.4, 0.5) is 0 Å². The molecule has 5 heteroatoms. The summed E-state index contributed by atoms with van der Waals surface area (Å²) in [6, 6.07) is 10.8. The highest BCUT2D eigenvalue weighted by atomic mass is 16.7. The maximum atomic E-state index is 12.1. The van der Waals surface area contributed by atoms with Crippen molar-refractivity contribution >= 4 is 11.8 Å². The lowest BCUT2D eigenvalue weighted by atomic mass is 10.1. The van der Waals surface area contributed by atoms with E-state index in [1.165, 1.54) is 5.56 Å². The predicted octanol–water partition coefficient (Wildman–Crippen LogP) is 2.86. The van der Waals surface area contributed by atoms with Gasteiger partial charge in [0.15, 0.2) is 0 Å². The molecule has 0 unspecified atom stereocenters. The lowest BCUT2D eigenvalue weighted by Crippen LogP contribution is -2.30. The molecule has 0 atom stereocenters. The first-order chi connectivity index (χ1) is 11.1. The molecule has 0 aliphatic carbocycles. The lowest BCUT2D eigenvalue weighted by Gasteiger charge is -2.13. The monoisotopic (exact) mass is 310 g/mol. The predicted molar refractivity (Wildman–Crippen MR) is 84.9 cm³/mol. The molecule has 1 aromatic heterocycles. The van der Waals surface area contributed by atoms with E-state index in [0.29, 0.717) is 24.2 Å². The van der Waals surface area contributed by atoms with Crippen LogP contribution in [0, 0.1) is 13.8 Å². The molecule has 0 spiro atoms. The molecule has 2 amide bonds. The number of carbonyl (C=O) groups is 2. The Bertz CT molecular complexity index is 715. The zero-order chi connectivity index (χ0) is 16.4. The molecule has 0 fully saturated rings. The molecule has 0 saturated heterocycles. The summed E-state index contributed by atoms with van der Waals surface area (Å²) in [5.41, 5.74) is 3.95. The summed E-state index contributed by atoms with van der Waals surface area (Å²) in [7, 11) is 0. The highest BCUT2D eigenvalue weighted by Gasteiger charge is 2.36. The molecule has 5 nitrogen and oxygen atoms in total. The van der Waals surface area contributed by atoms with E-state index in [0.717, 1.165) is 22.9 Å². The first-order valence-electron chi connectivity index (χ1n) is 7.61. The number of hydroxylamine groups is 2. The van der Waals surface area contributed by atoms with E-state index < -0.39 is 11.8 Å². The molecule has 2 aromatic rings. The van der Waals surface area contributed by atoms with E-state index in [9.17, 15) is 9.59 Å². The number of benzene rings is 1. The minimum Gasteiger partial charge on any atom is -0.266 e. The summed E-state index contributed by atoms with van der Waals surface area (Å²) in [5.74, 6) is -0.787. The van der Waals surface area contributed by atoms with Gasteiger partial charge in [0, 0.05) is 11.4 Å². The topological polar surface area (TPSA) is 59.5 Å². The highest BCUT2D eigenvalue weighted by Crippen LogP contribution is 2.22. The summed E-state index contributed by atoms with van der Waals surface area (Å²) in [6.45, 7) is 4.29. The van der Waals surface area contributed by atoms with Gasteiger partial charge in [0.05, 0.1) is 17.7 Å². The fraction of sp³-hybridized carbons (Fsp3) is 0.278. The number of pyridine rings is 1. The first kappa shape index (κ1) is 15.4. The van der Waals surface area contributed by atoms with Crippen molar-refractivity contribution in [2.75, 3.05) is 6.61 Å². The van der Waals surface area contributed by atoms with E-state index in [-0.39, 0.29) is 0 Å². The molecule has 1 aliphatic rings. The van der Waals surface area contributed by atoms with Gasteiger partial charge in [0.2, 0.25) is 0 Å².